The highest BCUT2D eigenvalue weighted by molar-refractivity contribution is 5.70. The minimum absolute atomic E-state index is 0.666. The third kappa shape index (κ3) is 15.6. The van der Waals surface area contributed by atoms with E-state index in [1.165, 1.54) is 0 Å². The van der Waals surface area contributed by atoms with Crippen molar-refractivity contribution in [2.75, 3.05) is 19.8 Å². The first-order chi connectivity index (χ1) is 29.9. The van der Waals surface area contributed by atoms with Crippen LogP contribution in [0.15, 0.2) is 0 Å². The molecule has 64 heavy (non-hydrogen) atoms. The number of aliphatic hydroxyl groups excluding tert-OH is 1. The van der Waals surface area contributed by atoms with Gasteiger partial charge in [-0.3, -0.25) is 47.9 Å². The summed E-state index contributed by atoms with van der Waals surface area (Å²) in [5.41, 5.74) is 0. The van der Waals surface area contributed by atoms with E-state index in [4.69, 9.17) is 71.1 Å². The standard InChI is InChI=1S/C38H52O26/c1-14(39)50-11-25-27(54-17(4)42)31(56-19(6)44)35(60-23(10)48)38(62-25)64-29-26(12-51-15(2)40)61-37(34(59-22(9)47)32(29)57-20(7)45)52-13-24(53-16(3)41)28-30(55-18(5)43)33(36(49)63-28)58-21(8)46/h24-38,49H,11-13H2,1-10H3/t24-,25-,26-,27-,28+,29-,30+,31+,32+,33-,34-,35-,36?,37-,38-/m1/s1. The Hall–Kier alpha value is -5.54. The van der Waals surface area contributed by atoms with Gasteiger partial charge in [-0.25, -0.2) is 0 Å². The van der Waals surface area contributed by atoms with E-state index >= 15 is 0 Å². The molecule has 0 amide bonds. The van der Waals surface area contributed by atoms with Gasteiger partial charge in [-0.05, 0) is 0 Å². The van der Waals surface area contributed by atoms with Gasteiger partial charge in [-0.1, -0.05) is 0 Å². The van der Waals surface area contributed by atoms with Crippen molar-refractivity contribution in [1.82, 2.24) is 0 Å². The Morgan fingerprint density at radius 1 is 0.422 bits per heavy atom. The lowest BCUT2D eigenvalue weighted by molar-refractivity contribution is -0.362. The highest BCUT2D eigenvalue weighted by atomic mass is 16.8. The van der Waals surface area contributed by atoms with Crippen LogP contribution >= 0.6 is 0 Å². The number of rotatable bonds is 18. The maximum atomic E-state index is 12.8. The number of carbonyl (C=O) groups excluding carboxylic acids is 10. The molecule has 0 spiro atoms. The molecule has 0 aromatic rings. The van der Waals surface area contributed by atoms with E-state index in [-0.39, 0.29) is 0 Å². The summed E-state index contributed by atoms with van der Waals surface area (Å²) in [6.45, 7) is 7.70. The van der Waals surface area contributed by atoms with E-state index in [1.54, 1.807) is 0 Å². The highest BCUT2D eigenvalue weighted by Crippen LogP contribution is 2.36. The second-order valence-corrected chi connectivity index (χ2v) is 14.3. The van der Waals surface area contributed by atoms with Crippen LogP contribution < -0.4 is 0 Å². The maximum absolute atomic E-state index is 12.8. The lowest BCUT2D eigenvalue weighted by Gasteiger charge is -2.48. The monoisotopic (exact) mass is 924 g/mol. The summed E-state index contributed by atoms with van der Waals surface area (Å²) in [5.74, 6) is -9.42. The first-order valence-corrected chi connectivity index (χ1v) is 19.4. The third-order valence-corrected chi connectivity index (χ3v) is 8.82. The van der Waals surface area contributed by atoms with Gasteiger partial charge < -0.3 is 76.2 Å². The molecule has 0 aliphatic carbocycles. The molecule has 3 rings (SSSR count). The smallest absolute Gasteiger partial charge is 0.303 e. The summed E-state index contributed by atoms with van der Waals surface area (Å²) < 4.78 is 83.7. The summed E-state index contributed by atoms with van der Waals surface area (Å²) in [4.78, 5) is 123. The minimum atomic E-state index is -1.95. The summed E-state index contributed by atoms with van der Waals surface area (Å²) in [7, 11) is 0. The summed E-state index contributed by atoms with van der Waals surface area (Å²) >= 11 is 0. The minimum Gasteiger partial charge on any atom is -0.463 e. The fourth-order valence-electron chi connectivity index (χ4n) is 6.81. The molecule has 3 aliphatic rings. The Kier molecular flexibility index (Phi) is 19.8. The second-order valence-electron chi connectivity index (χ2n) is 14.3. The Balaban J connectivity index is 2.17. The van der Waals surface area contributed by atoms with Crippen LogP contribution in [0.2, 0.25) is 0 Å². The molecule has 0 radical (unpaired) electrons. The van der Waals surface area contributed by atoms with Gasteiger partial charge in [0, 0.05) is 69.2 Å². The number of hydrogen-bond donors (Lipinski definition) is 1. The average molecular weight is 925 g/mol. The number of aliphatic hydroxyl groups is 1. The van der Waals surface area contributed by atoms with Crippen LogP contribution in [0.4, 0.5) is 0 Å². The fraction of sp³-hybridized carbons (Fsp3) is 0.737. The molecule has 0 saturated carbocycles. The van der Waals surface area contributed by atoms with Gasteiger partial charge in [0.1, 0.15) is 37.6 Å². The van der Waals surface area contributed by atoms with Crippen LogP contribution in [0.5, 0.6) is 0 Å². The van der Waals surface area contributed by atoms with Crippen molar-refractivity contribution < 1.29 is 124 Å². The molecule has 3 heterocycles. The van der Waals surface area contributed by atoms with Gasteiger partial charge in [0.2, 0.25) is 0 Å². The largest absolute Gasteiger partial charge is 0.463 e. The van der Waals surface area contributed by atoms with Crippen LogP contribution in [0.25, 0.3) is 0 Å². The lowest BCUT2D eigenvalue weighted by atomic mass is 9.96. The summed E-state index contributed by atoms with van der Waals surface area (Å²) in [6.07, 6.45) is -26.1. The zero-order chi connectivity index (χ0) is 48.2. The predicted molar refractivity (Wildman–Crippen MR) is 197 cm³/mol. The van der Waals surface area contributed by atoms with Gasteiger partial charge in [0.25, 0.3) is 0 Å². The molecule has 1 N–H and O–H groups in total. The average Bonchev–Trinajstić information content (AvgIpc) is 3.44. The number of carbonyl (C=O) groups is 10. The van der Waals surface area contributed by atoms with E-state index in [2.05, 4.69) is 0 Å². The molecule has 0 aromatic heterocycles. The SMILES string of the molecule is CC(=O)OC[C@H]1O[C@H](O[C@H]2[C@H](OC(C)=O)[C@@H](OC(C)=O)[C@H](OC[C@@H](OC(C)=O)[C@@H]3OC(O)[C@H](OC(C)=O)[C@H]3OC(C)=O)O[C@@H]2COC(C)=O)[C@H](OC(C)=O)[C@@H](OC(C)=O)[C@@H]1OC(C)=O. The quantitative estimate of drug-likeness (QED) is 0.116. The second kappa shape index (κ2) is 23.9. The summed E-state index contributed by atoms with van der Waals surface area (Å²) in [6, 6.07) is 0. The molecule has 1 unspecified atom stereocenters. The van der Waals surface area contributed by atoms with Gasteiger partial charge in [-0.15, -0.1) is 0 Å². The van der Waals surface area contributed by atoms with E-state index < -0.39 is 172 Å². The molecule has 26 nitrogen and oxygen atoms in total. The maximum Gasteiger partial charge on any atom is 0.303 e. The Morgan fingerprint density at radius 2 is 0.797 bits per heavy atom. The van der Waals surface area contributed by atoms with Crippen LogP contribution in [0.1, 0.15) is 69.2 Å². The van der Waals surface area contributed by atoms with E-state index in [9.17, 15) is 53.1 Å². The zero-order valence-electron chi connectivity index (χ0n) is 36.4. The Morgan fingerprint density at radius 3 is 1.25 bits per heavy atom. The van der Waals surface area contributed by atoms with Crippen molar-refractivity contribution in [1.29, 1.82) is 0 Å². The van der Waals surface area contributed by atoms with E-state index in [0.29, 0.717) is 0 Å². The first kappa shape index (κ1) is 52.8. The Bertz CT molecular complexity index is 1730. The number of ether oxygens (including phenoxy) is 15. The fourth-order valence-corrected chi connectivity index (χ4v) is 6.81. The normalized spacial score (nSPS) is 31.4. The van der Waals surface area contributed by atoms with Crippen molar-refractivity contribution in [2.24, 2.45) is 0 Å². The van der Waals surface area contributed by atoms with Crippen molar-refractivity contribution in [3.63, 3.8) is 0 Å². The summed E-state index contributed by atoms with van der Waals surface area (Å²) in [5, 5.41) is 10.6. The van der Waals surface area contributed by atoms with Crippen LogP contribution in [-0.2, 0) is 119 Å². The zero-order valence-corrected chi connectivity index (χ0v) is 36.4. The lowest BCUT2D eigenvalue weighted by Crippen LogP contribution is -2.67. The van der Waals surface area contributed by atoms with Crippen LogP contribution in [0.3, 0.4) is 0 Å². The van der Waals surface area contributed by atoms with Crippen molar-refractivity contribution in [2.45, 2.75) is 161 Å². The Labute approximate surface area is 364 Å². The van der Waals surface area contributed by atoms with E-state index in [0.717, 1.165) is 69.2 Å². The molecule has 360 valence electrons. The van der Waals surface area contributed by atoms with Crippen LogP contribution in [-0.4, -0.2) is 177 Å². The van der Waals surface area contributed by atoms with Gasteiger partial charge in [-0.2, -0.15) is 0 Å². The van der Waals surface area contributed by atoms with Crippen LogP contribution in [0, 0.1) is 0 Å². The first-order valence-electron chi connectivity index (χ1n) is 19.4. The molecule has 3 saturated heterocycles. The molecule has 3 aliphatic heterocycles. The molecular formula is C38H52O26. The molecule has 26 heteroatoms. The molecular weight excluding hydrogens is 872 g/mol. The topological polar surface area (TPSA) is 329 Å². The molecule has 3 fully saturated rings. The van der Waals surface area contributed by atoms with Crippen molar-refractivity contribution >= 4 is 59.7 Å². The van der Waals surface area contributed by atoms with E-state index in [1.807, 2.05) is 0 Å². The van der Waals surface area contributed by atoms with Crippen molar-refractivity contribution in [3.8, 4) is 0 Å². The van der Waals surface area contributed by atoms with Gasteiger partial charge in [0.05, 0.1) is 6.61 Å². The third-order valence-electron chi connectivity index (χ3n) is 8.82. The molecule has 0 aromatic carbocycles. The predicted octanol–water partition coefficient (Wildman–Crippen LogP) is -1.86. The van der Waals surface area contributed by atoms with Gasteiger partial charge in [0.15, 0.2) is 67.7 Å². The molecule has 15 atom stereocenters. The number of hydrogen-bond acceptors (Lipinski definition) is 26. The van der Waals surface area contributed by atoms with Gasteiger partial charge >= 0.3 is 59.7 Å². The van der Waals surface area contributed by atoms with Crippen molar-refractivity contribution in [3.05, 3.63) is 0 Å². The number of esters is 10. The molecule has 0 bridgehead atoms. The highest BCUT2D eigenvalue weighted by Gasteiger charge is 2.58.